The molecule has 4 nitrogen and oxygen atoms in total. The number of allylic oxidation sites excluding steroid dienone is 1. The summed E-state index contributed by atoms with van der Waals surface area (Å²) in [7, 11) is 5.76. The molecule has 1 aromatic carbocycles. The first-order chi connectivity index (χ1) is 9.61. The lowest BCUT2D eigenvalue weighted by atomic mass is 10.1. The summed E-state index contributed by atoms with van der Waals surface area (Å²) in [4.78, 5) is 14.4. The molecule has 0 heterocycles. The Labute approximate surface area is 120 Å². The molecule has 1 aliphatic rings. The van der Waals surface area contributed by atoms with E-state index in [1.165, 1.54) is 0 Å². The number of ketones is 1. The van der Waals surface area contributed by atoms with Crippen LogP contribution in [0.1, 0.15) is 22.3 Å². The smallest absolute Gasteiger partial charge is 0.191 e. The van der Waals surface area contributed by atoms with Gasteiger partial charge in [0.15, 0.2) is 5.78 Å². The largest absolute Gasteiger partial charge is 0.497 e. The number of methoxy groups -OCH3 is 1. The topological polar surface area (TPSA) is 41.6 Å². The number of fused-ring (bicyclic) bond motifs is 1. The quantitative estimate of drug-likeness (QED) is 0.635. The monoisotopic (exact) mass is 274 g/mol. The van der Waals surface area contributed by atoms with Crippen LogP contribution in [0.25, 0.3) is 0 Å². The maximum Gasteiger partial charge on any atom is 0.191 e. The minimum absolute atomic E-state index is 0.128. The number of ether oxygens (including phenoxy) is 1. The Hall–Kier alpha value is -1.81. The van der Waals surface area contributed by atoms with E-state index in [0.29, 0.717) is 6.42 Å². The van der Waals surface area contributed by atoms with Gasteiger partial charge in [0, 0.05) is 30.3 Å². The molecule has 20 heavy (non-hydrogen) atoms. The van der Waals surface area contributed by atoms with Crippen LogP contribution in [-0.2, 0) is 6.42 Å². The predicted molar refractivity (Wildman–Crippen MR) is 80.3 cm³/mol. The van der Waals surface area contributed by atoms with E-state index in [0.717, 1.165) is 42.0 Å². The lowest BCUT2D eigenvalue weighted by Gasteiger charge is -2.08. The number of hydrogen-bond donors (Lipinski definition) is 1. The van der Waals surface area contributed by atoms with Crippen LogP contribution in [0.5, 0.6) is 5.75 Å². The molecule has 0 radical (unpaired) electrons. The summed E-state index contributed by atoms with van der Waals surface area (Å²) in [6, 6.07) is 5.63. The molecule has 0 fully saturated rings. The van der Waals surface area contributed by atoms with Gasteiger partial charge in [-0.3, -0.25) is 4.79 Å². The van der Waals surface area contributed by atoms with Crippen LogP contribution >= 0.6 is 0 Å². The highest BCUT2D eigenvalue weighted by Crippen LogP contribution is 2.29. The minimum atomic E-state index is 0.128. The standard InChI is InChI=1S/C16H22N2O2/c1-18(2)8-4-7-17-11-13-9-12-10-14(20-3)5-6-15(12)16(13)19/h5-6,10-11,17H,4,7-9H2,1-3H3/b13-11-. The van der Waals surface area contributed by atoms with E-state index in [1.807, 2.05) is 24.4 Å². The lowest BCUT2D eigenvalue weighted by molar-refractivity contribution is 0.103. The van der Waals surface area contributed by atoms with Crippen molar-refractivity contribution in [1.82, 2.24) is 10.2 Å². The second-order valence-corrected chi connectivity index (χ2v) is 5.31. The molecule has 0 bridgehead atoms. The number of carbonyl (C=O) groups is 1. The van der Waals surface area contributed by atoms with Crippen molar-refractivity contribution in [2.24, 2.45) is 0 Å². The van der Waals surface area contributed by atoms with Crippen LogP contribution in [-0.4, -0.2) is 45.0 Å². The first-order valence-corrected chi connectivity index (χ1v) is 6.90. The van der Waals surface area contributed by atoms with Gasteiger partial charge in [-0.15, -0.1) is 0 Å². The maximum absolute atomic E-state index is 12.2. The van der Waals surface area contributed by atoms with Crippen molar-refractivity contribution in [2.75, 3.05) is 34.3 Å². The molecule has 0 unspecified atom stereocenters. The Morgan fingerprint density at radius 3 is 2.90 bits per heavy atom. The highest BCUT2D eigenvalue weighted by Gasteiger charge is 2.24. The molecule has 2 rings (SSSR count). The molecular weight excluding hydrogens is 252 g/mol. The fourth-order valence-corrected chi connectivity index (χ4v) is 2.33. The van der Waals surface area contributed by atoms with E-state index in [4.69, 9.17) is 4.74 Å². The number of benzene rings is 1. The van der Waals surface area contributed by atoms with E-state index in [9.17, 15) is 4.79 Å². The molecule has 0 saturated heterocycles. The van der Waals surface area contributed by atoms with Gasteiger partial charge < -0.3 is 15.0 Å². The van der Waals surface area contributed by atoms with Gasteiger partial charge in [-0.25, -0.2) is 0 Å². The van der Waals surface area contributed by atoms with E-state index in [1.54, 1.807) is 7.11 Å². The lowest BCUT2D eigenvalue weighted by Crippen LogP contribution is -2.18. The van der Waals surface area contributed by atoms with Gasteiger partial charge >= 0.3 is 0 Å². The number of hydrogen-bond acceptors (Lipinski definition) is 4. The predicted octanol–water partition coefficient (Wildman–Crippen LogP) is 1.86. The van der Waals surface area contributed by atoms with Crippen molar-refractivity contribution in [3.63, 3.8) is 0 Å². The summed E-state index contributed by atoms with van der Waals surface area (Å²) in [5, 5.41) is 3.24. The fraction of sp³-hybridized carbons (Fsp3) is 0.438. The van der Waals surface area contributed by atoms with Gasteiger partial charge in [0.25, 0.3) is 0 Å². The van der Waals surface area contributed by atoms with E-state index in [-0.39, 0.29) is 5.78 Å². The van der Waals surface area contributed by atoms with E-state index in [2.05, 4.69) is 24.3 Å². The summed E-state index contributed by atoms with van der Waals surface area (Å²) < 4.78 is 5.19. The Morgan fingerprint density at radius 1 is 1.40 bits per heavy atom. The Morgan fingerprint density at radius 2 is 2.20 bits per heavy atom. The van der Waals surface area contributed by atoms with Gasteiger partial charge in [0.2, 0.25) is 0 Å². The third-order valence-electron chi connectivity index (χ3n) is 3.43. The SMILES string of the molecule is COc1ccc2c(c1)C/C(=C/NCCCN(C)C)C2=O. The third-order valence-corrected chi connectivity index (χ3v) is 3.43. The zero-order valence-corrected chi connectivity index (χ0v) is 12.4. The third kappa shape index (κ3) is 3.39. The van der Waals surface area contributed by atoms with Crippen LogP contribution < -0.4 is 10.1 Å². The first-order valence-electron chi connectivity index (χ1n) is 6.90. The second kappa shape index (κ2) is 6.57. The summed E-state index contributed by atoms with van der Waals surface area (Å²) >= 11 is 0. The Bertz CT molecular complexity index is 521. The number of nitrogens with zero attached hydrogens (tertiary/aromatic N) is 1. The fourth-order valence-electron chi connectivity index (χ4n) is 2.33. The molecule has 1 N–H and O–H groups in total. The van der Waals surface area contributed by atoms with Gasteiger partial charge in [-0.2, -0.15) is 0 Å². The van der Waals surface area contributed by atoms with Gasteiger partial charge in [0.1, 0.15) is 5.75 Å². The average molecular weight is 274 g/mol. The van der Waals surface area contributed by atoms with Crippen LogP contribution in [0.3, 0.4) is 0 Å². The molecule has 0 amide bonds. The molecule has 0 atom stereocenters. The van der Waals surface area contributed by atoms with Crippen molar-refractivity contribution < 1.29 is 9.53 Å². The Balaban J connectivity index is 1.94. The molecule has 0 aliphatic heterocycles. The first kappa shape index (κ1) is 14.6. The number of Topliss-reactive ketones (excluding diaryl/α,β-unsaturated/α-hetero) is 1. The van der Waals surface area contributed by atoms with Crippen LogP contribution in [0.15, 0.2) is 30.0 Å². The molecule has 1 aromatic rings. The summed E-state index contributed by atoms with van der Waals surface area (Å²) in [6.45, 7) is 1.93. The minimum Gasteiger partial charge on any atom is -0.497 e. The highest BCUT2D eigenvalue weighted by atomic mass is 16.5. The molecule has 108 valence electrons. The zero-order chi connectivity index (χ0) is 14.5. The molecule has 0 saturated carbocycles. The summed E-state index contributed by atoms with van der Waals surface area (Å²) in [5.74, 6) is 0.930. The van der Waals surface area contributed by atoms with Crippen molar-refractivity contribution in [3.05, 3.63) is 41.1 Å². The van der Waals surface area contributed by atoms with Crippen LogP contribution in [0.2, 0.25) is 0 Å². The van der Waals surface area contributed by atoms with Crippen molar-refractivity contribution in [2.45, 2.75) is 12.8 Å². The van der Waals surface area contributed by atoms with Gasteiger partial charge in [0.05, 0.1) is 7.11 Å². The van der Waals surface area contributed by atoms with E-state index < -0.39 is 0 Å². The number of carbonyl (C=O) groups excluding carboxylic acids is 1. The normalized spacial score (nSPS) is 15.8. The van der Waals surface area contributed by atoms with Crippen molar-refractivity contribution in [1.29, 1.82) is 0 Å². The number of rotatable bonds is 6. The van der Waals surface area contributed by atoms with Crippen LogP contribution in [0.4, 0.5) is 0 Å². The van der Waals surface area contributed by atoms with Gasteiger partial charge in [-0.05, 0) is 50.8 Å². The average Bonchev–Trinajstić information content (AvgIpc) is 2.74. The van der Waals surface area contributed by atoms with Gasteiger partial charge in [-0.1, -0.05) is 0 Å². The van der Waals surface area contributed by atoms with Crippen molar-refractivity contribution >= 4 is 5.78 Å². The second-order valence-electron chi connectivity index (χ2n) is 5.31. The van der Waals surface area contributed by atoms with Crippen molar-refractivity contribution in [3.8, 4) is 5.75 Å². The number of nitrogens with one attached hydrogen (secondary N) is 1. The molecule has 4 heteroatoms. The molecule has 0 aromatic heterocycles. The molecule has 0 spiro atoms. The summed E-state index contributed by atoms with van der Waals surface area (Å²) in [5.41, 5.74) is 2.68. The highest BCUT2D eigenvalue weighted by molar-refractivity contribution is 6.13. The van der Waals surface area contributed by atoms with E-state index >= 15 is 0 Å². The Kier molecular flexibility index (Phi) is 4.79. The zero-order valence-electron chi connectivity index (χ0n) is 12.4. The molecule has 1 aliphatic carbocycles. The summed E-state index contributed by atoms with van der Waals surface area (Å²) in [6.07, 6.45) is 3.61. The maximum atomic E-state index is 12.2. The van der Waals surface area contributed by atoms with Crippen LogP contribution in [0, 0.1) is 0 Å². The molecular formula is C16H22N2O2.